The Morgan fingerprint density at radius 3 is 2.56 bits per heavy atom. The highest BCUT2D eigenvalue weighted by atomic mass is 16.6. The van der Waals surface area contributed by atoms with Crippen LogP contribution in [0.3, 0.4) is 0 Å². The predicted octanol–water partition coefficient (Wildman–Crippen LogP) is 3.63. The Kier molecular flexibility index (Phi) is 12.0. The van der Waals surface area contributed by atoms with Crippen LogP contribution in [0.4, 0.5) is 10.5 Å². The maximum absolute atomic E-state index is 13.4. The molecular formula is C34H45N7O7. The highest BCUT2D eigenvalue weighted by Gasteiger charge is 2.31. The summed E-state index contributed by atoms with van der Waals surface area (Å²) in [5.41, 5.74) is 2.77. The number of anilines is 1. The molecule has 2 heterocycles. The summed E-state index contributed by atoms with van der Waals surface area (Å²) in [6.45, 7) is 6.56. The number of alkyl carbamates (subject to hydrolysis) is 1. The van der Waals surface area contributed by atoms with E-state index >= 15 is 0 Å². The Labute approximate surface area is 279 Å². The fourth-order valence-electron chi connectivity index (χ4n) is 5.36. The van der Waals surface area contributed by atoms with E-state index in [0.29, 0.717) is 48.4 Å². The number of benzene rings is 2. The van der Waals surface area contributed by atoms with Gasteiger partial charge in [-0.25, -0.2) is 9.78 Å². The summed E-state index contributed by atoms with van der Waals surface area (Å²) in [6, 6.07) is 11.6. The van der Waals surface area contributed by atoms with E-state index < -0.39 is 36.0 Å². The van der Waals surface area contributed by atoms with Crippen molar-refractivity contribution in [2.75, 3.05) is 32.0 Å². The lowest BCUT2D eigenvalue weighted by molar-refractivity contribution is -0.141. The molecule has 0 spiro atoms. The second-order valence-electron chi connectivity index (χ2n) is 12.9. The molecule has 0 saturated heterocycles. The summed E-state index contributed by atoms with van der Waals surface area (Å²) in [5, 5.41) is 18.0. The monoisotopic (exact) mass is 663 g/mol. The van der Waals surface area contributed by atoms with Crippen molar-refractivity contribution in [3.05, 3.63) is 59.4 Å². The molecule has 14 heteroatoms. The van der Waals surface area contributed by atoms with E-state index in [1.54, 1.807) is 50.9 Å². The molecule has 0 radical (unpaired) electrons. The van der Waals surface area contributed by atoms with Crippen molar-refractivity contribution in [2.24, 2.45) is 0 Å². The SMILES string of the molecule is CN(Cc1nc2ccccc2[nH]1)C(=O)c1ccc2c(c1)CN(CCNC(=O)CCCCCNC(=O)OC(C)(C)C)C(=O)[C@H](CC(=O)O)N2. The standard InChI is InChI=1S/C34H45N7O7/c1-34(2,3)48-33(47)36-15-9-5-6-12-29(42)35-16-17-41-20-23-18-22(13-14-24(23)37-27(32(41)46)19-30(43)44)31(45)40(4)21-28-38-25-10-7-8-11-26(25)39-28/h7-8,10-11,13-14,18,27,37H,5-6,9,12,15-17,19-21H2,1-4H3,(H,35,42)(H,36,47)(H,38,39)(H,43,44)/t27-/m0/s1. The molecule has 3 aromatic rings. The molecule has 4 amide bonds. The first kappa shape index (κ1) is 35.7. The molecule has 1 aromatic heterocycles. The van der Waals surface area contributed by atoms with Gasteiger partial charge >= 0.3 is 12.1 Å². The first-order chi connectivity index (χ1) is 22.8. The van der Waals surface area contributed by atoms with Gasteiger partial charge < -0.3 is 40.6 Å². The van der Waals surface area contributed by atoms with Gasteiger partial charge in [-0.1, -0.05) is 18.6 Å². The molecule has 0 unspecified atom stereocenters. The van der Waals surface area contributed by atoms with Gasteiger partial charge in [0.15, 0.2) is 0 Å². The van der Waals surface area contributed by atoms with E-state index in [1.165, 1.54) is 4.90 Å². The van der Waals surface area contributed by atoms with Gasteiger partial charge in [0, 0.05) is 50.9 Å². The number of carbonyl (C=O) groups is 5. The summed E-state index contributed by atoms with van der Waals surface area (Å²) in [6.07, 6.45) is 1.46. The van der Waals surface area contributed by atoms with Gasteiger partial charge in [-0.05, 0) is 69.5 Å². The number of H-pyrrole nitrogens is 1. The second kappa shape index (κ2) is 16.1. The van der Waals surface area contributed by atoms with Gasteiger partial charge in [0.1, 0.15) is 17.5 Å². The van der Waals surface area contributed by atoms with Crippen LogP contribution in [-0.4, -0.2) is 93.0 Å². The normalized spacial score (nSPS) is 14.5. The lowest BCUT2D eigenvalue weighted by atomic mass is 10.1. The number of imidazole rings is 1. The zero-order valence-electron chi connectivity index (χ0n) is 27.9. The Morgan fingerprint density at radius 2 is 1.83 bits per heavy atom. The zero-order chi connectivity index (χ0) is 34.8. The van der Waals surface area contributed by atoms with Crippen LogP contribution in [0.1, 0.15) is 74.6 Å². The van der Waals surface area contributed by atoms with Crippen LogP contribution in [0, 0.1) is 0 Å². The van der Waals surface area contributed by atoms with Crippen LogP contribution in [-0.2, 0) is 32.2 Å². The molecule has 0 aliphatic carbocycles. The molecule has 0 saturated carbocycles. The lowest BCUT2D eigenvalue weighted by Crippen LogP contribution is -2.44. The highest BCUT2D eigenvalue weighted by Crippen LogP contribution is 2.26. The van der Waals surface area contributed by atoms with Gasteiger partial charge in [-0.2, -0.15) is 0 Å². The quantitative estimate of drug-likeness (QED) is 0.161. The number of para-hydroxylation sites is 2. The van der Waals surface area contributed by atoms with Crippen LogP contribution in [0.5, 0.6) is 0 Å². The lowest BCUT2D eigenvalue weighted by Gasteiger charge is -2.24. The number of amides is 4. The summed E-state index contributed by atoms with van der Waals surface area (Å²) in [4.78, 5) is 73.4. The Morgan fingerprint density at radius 1 is 1.06 bits per heavy atom. The van der Waals surface area contributed by atoms with Crippen molar-refractivity contribution in [1.29, 1.82) is 0 Å². The number of carboxylic acid groups (broad SMARTS) is 1. The summed E-state index contributed by atoms with van der Waals surface area (Å²) in [5.74, 6) is -1.30. The van der Waals surface area contributed by atoms with Gasteiger partial charge in [0.05, 0.1) is 24.0 Å². The number of rotatable bonds is 14. The zero-order valence-corrected chi connectivity index (χ0v) is 27.9. The molecule has 1 aliphatic rings. The molecule has 0 bridgehead atoms. The summed E-state index contributed by atoms with van der Waals surface area (Å²) in [7, 11) is 1.68. The molecule has 48 heavy (non-hydrogen) atoms. The third kappa shape index (κ3) is 10.4. The minimum Gasteiger partial charge on any atom is -0.481 e. The van der Waals surface area contributed by atoms with Gasteiger partial charge in [0.2, 0.25) is 11.8 Å². The number of nitrogens with zero attached hydrogens (tertiary/aromatic N) is 3. The molecule has 2 aromatic carbocycles. The number of hydrogen-bond acceptors (Lipinski definition) is 8. The second-order valence-corrected chi connectivity index (χ2v) is 12.9. The minimum absolute atomic E-state index is 0.131. The van der Waals surface area contributed by atoms with Crippen molar-refractivity contribution >= 4 is 46.5 Å². The number of unbranched alkanes of at least 4 members (excludes halogenated alkanes) is 2. The van der Waals surface area contributed by atoms with Crippen LogP contribution in [0.25, 0.3) is 11.0 Å². The molecular weight excluding hydrogens is 618 g/mol. The number of carboxylic acids is 1. The largest absolute Gasteiger partial charge is 0.481 e. The van der Waals surface area contributed by atoms with E-state index in [9.17, 15) is 29.1 Å². The number of ether oxygens (including phenoxy) is 1. The number of fused-ring (bicyclic) bond motifs is 2. The number of aliphatic carboxylic acids is 1. The van der Waals surface area contributed by atoms with E-state index in [4.69, 9.17) is 4.74 Å². The molecule has 4 rings (SSSR count). The first-order valence-corrected chi connectivity index (χ1v) is 16.1. The molecule has 14 nitrogen and oxygen atoms in total. The van der Waals surface area contributed by atoms with Gasteiger partial charge in [-0.15, -0.1) is 0 Å². The molecule has 1 aliphatic heterocycles. The topological polar surface area (TPSA) is 186 Å². The van der Waals surface area contributed by atoms with Crippen molar-refractivity contribution in [2.45, 2.75) is 77.6 Å². The predicted molar refractivity (Wildman–Crippen MR) is 179 cm³/mol. The van der Waals surface area contributed by atoms with E-state index in [-0.39, 0.29) is 38.0 Å². The van der Waals surface area contributed by atoms with E-state index in [0.717, 1.165) is 17.5 Å². The van der Waals surface area contributed by atoms with Crippen molar-refractivity contribution < 1.29 is 33.8 Å². The van der Waals surface area contributed by atoms with Crippen LogP contribution in [0.2, 0.25) is 0 Å². The molecule has 1 atom stereocenters. The molecule has 0 fully saturated rings. The number of carbonyl (C=O) groups excluding carboxylic acids is 4. The summed E-state index contributed by atoms with van der Waals surface area (Å²) >= 11 is 0. The number of aromatic nitrogens is 2. The maximum atomic E-state index is 13.4. The van der Waals surface area contributed by atoms with Gasteiger partial charge in [0.25, 0.3) is 5.91 Å². The Bertz CT molecular complexity index is 1600. The number of hydrogen-bond donors (Lipinski definition) is 5. The number of aromatic amines is 1. The van der Waals surface area contributed by atoms with E-state index in [2.05, 4.69) is 25.9 Å². The van der Waals surface area contributed by atoms with Crippen molar-refractivity contribution in [3.8, 4) is 0 Å². The fourth-order valence-corrected chi connectivity index (χ4v) is 5.36. The smallest absolute Gasteiger partial charge is 0.407 e. The maximum Gasteiger partial charge on any atom is 0.407 e. The number of nitrogens with one attached hydrogen (secondary N) is 4. The van der Waals surface area contributed by atoms with Crippen LogP contribution >= 0.6 is 0 Å². The average Bonchev–Trinajstić information content (AvgIpc) is 3.37. The fraction of sp³-hybridized carbons (Fsp3) is 0.471. The third-order valence-corrected chi connectivity index (χ3v) is 7.66. The summed E-state index contributed by atoms with van der Waals surface area (Å²) < 4.78 is 5.20. The molecule has 258 valence electrons. The average molecular weight is 664 g/mol. The highest BCUT2D eigenvalue weighted by molar-refractivity contribution is 5.96. The van der Waals surface area contributed by atoms with Crippen molar-refractivity contribution in [1.82, 2.24) is 30.4 Å². The van der Waals surface area contributed by atoms with Crippen LogP contribution in [0.15, 0.2) is 42.5 Å². The Hall–Kier alpha value is -5.14. The molecule has 5 N–H and O–H groups in total. The van der Waals surface area contributed by atoms with Gasteiger partial charge in [-0.3, -0.25) is 19.2 Å². The first-order valence-electron chi connectivity index (χ1n) is 16.1. The van der Waals surface area contributed by atoms with E-state index in [1.807, 2.05) is 24.3 Å². The van der Waals surface area contributed by atoms with Crippen molar-refractivity contribution in [3.63, 3.8) is 0 Å². The Balaban J connectivity index is 1.31. The third-order valence-electron chi connectivity index (χ3n) is 7.66. The van der Waals surface area contributed by atoms with Crippen LogP contribution < -0.4 is 16.0 Å². The minimum atomic E-state index is -1.13.